The maximum Gasteiger partial charge on any atom is 0.255 e. The number of fused-ring (bicyclic) bond motifs is 1. The molecule has 0 unspecified atom stereocenters. The van der Waals surface area contributed by atoms with Crippen LogP contribution in [0.25, 0.3) is 0 Å². The lowest BCUT2D eigenvalue weighted by Crippen LogP contribution is -2.31. The van der Waals surface area contributed by atoms with E-state index in [1.54, 1.807) is 28.9 Å². The highest BCUT2D eigenvalue weighted by Gasteiger charge is 2.35. The van der Waals surface area contributed by atoms with Crippen LogP contribution in [0.2, 0.25) is 10.0 Å². The zero-order valence-electron chi connectivity index (χ0n) is 18.7. The molecule has 1 aromatic heterocycles. The highest BCUT2D eigenvalue weighted by molar-refractivity contribution is 6.30. The second-order valence-electron chi connectivity index (χ2n) is 8.01. The van der Waals surface area contributed by atoms with Crippen LogP contribution in [-0.2, 0) is 11.4 Å². The van der Waals surface area contributed by atoms with Crippen molar-refractivity contribution in [3.05, 3.63) is 112 Å². The van der Waals surface area contributed by atoms with Gasteiger partial charge in [0.25, 0.3) is 5.91 Å². The van der Waals surface area contributed by atoms with Crippen LogP contribution < -0.4 is 15.4 Å². The van der Waals surface area contributed by atoms with Crippen LogP contribution in [0.5, 0.6) is 5.75 Å². The lowest BCUT2D eigenvalue weighted by atomic mass is 9.94. The minimum Gasteiger partial charge on any atom is -0.489 e. The molecule has 7 nitrogen and oxygen atoms in total. The molecule has 2 N–H and O–H groups in total. The van der Waals surface area contributed by atoms with Crippen molar-refractivity contribution in [2.75, 3.05) is 10.6 Å². The number of nitrogens with zero attached hydrogens (tertiary/aromatic N) is 3. The molecule has 1 amide bonds. The number of amides is 1. The molecule has 0 fully saturated rings. The minimum atomic E-state index is -0.553. The van der Waals surface area contributed by atoms with Crippen molar-refractivity contribution in [2.45, 2.75) is 19.6 Å². The largest absolute Gasteiger partial charge is 0.489 e. The maximum absolute atomic E-state index is 13.5. The summed E-state index contributed by atoms with van der Waals surface area (Å²) in [6.45, 7) is 2.19. The van der Waals surface area contributed by atoms with Crippen LogP contribution in [0.1, 0.15) is 24.1 Å². The van der Waals surface area contributed by atoms with Crippen molar-refractivity contribution >= 4 is 40.7 Å². The van der Waals surface area contributed by atoms with Gasteiger partial charge < -0.3 is 15.4 Å². The first kappa shape index (κ1) is 23.0. The molecule has 176 valence electrons. The Balaban J connectivity index is 1.50. The summed E-state index contributed by atoms with van der Waals surface area (Å²) in [5.74, 6) is 0.916. The molecule has 0 saturated carbocycles. The lowest BCUT2D eigenvalue weighted by Gasteiger charge is -2.29. The fourth-order valence-corrected chi connectivity index (χ4v) is 4.24. The van der Waals surface area contributed by atoms with Crippen molar-refractivity contribution in [2.24, 2.45) is 0 Å². The van der Waals surface area contributed by atoms with Gasteiger partial charge in [0.1, 0.15) is 24.7 Å². The molecular weight excluding hydrogens is 485 g/mol. The normalized spacial score (nSPS) is 14.8. The number of aromatic nitrogens is 3. The molecule has 2 heterocycles. The van der Waals surface area contributed by atoms with E-state index in [0.717, 1.165) is 11.1 Å². The molecule has 5 rings (SSSR count). The molecular formula is C26H21Cl2N5O2. The Morgan fingerprint density at radius 1 is 1.03 bits per heavy atom. The van der Waals surface area contributed by atoms with Crippen LogP contribution in [0.4, 0.5) is 11.6 Å². The zero-order valence-corrected chi connectivity index (χ0v) is 20.2. The summed E-state index contributed by atoms with van der Waals surface area (Å²) in [4.78, 5) is 17.9. The molecule has 4 aromatic rings. The van der Waals surface area contributed by atoms with Crippen LogP contribution in [-0.4, -0.2) is 20.7 Å². The molecule has 0 saturated heterocycles. The van der Waals surface area contributed by atoms with E-state index in [1.165, 1.54) is 6.33 Å². The van der Waals surface area contributed by atoms with E-state index in [2.05, 4.69) is 20.7 Å². The van der Waals surface area contributed by atoms with Gasteiger partial charge in [-0.2, -0.15) is 10.1 Å². The summed E-state index contributed by atoms with van der Waals surface area (Å²) in [5.41, 5.74) is 3.57. The number of benzene rings is 3. The van der Waals surface area contributed by atoms with Crippen molar-refractivity contribution in [1.82, 2.24) is 14.8 Å². The summed E-state index contributed by atoms with van der Waals surface area (Å²) in [6, 6.07) is 21.5. The van der Waals surface area contributed by atoms with Crippen LogP contribution in [0, 0.1) is 0 Å². The number of allylic oxidation sites excluding steroid dienone is 1. The zero-order chi connectivity index (χ0) is 24.4. The van der Waals surface area contributed by atoms with Gasteiger partial charge in [-0.25, -0.2) is 4.68 Å². The van der Waals surface area contributed by atoms with Gasteiger partial charge in [0.2, 0.25) is 5.95 Å². The van der Waals surface area contributed by atoms with Gasteiger partial charge >= 0.3 is 0 Å². The quantitative estimate of drug-likeness (QED) is 0.331. The number of rotatable bonds is 6. The Hall–Kier alpha value is -3.81. The predicted octanol–water partition coefficient (Wildman–Crippen LogP) is 6.09. The number of ether oxygens (including phenoxy) is 1. The Kier molecular flexibility index (Phi) is 6.44. The number of para-hydroxylation sites is 1. The lowest BCUT2D eigenvalue weighted by molar-refractivity contribution is -0.113. The summed E-state index contributed by atoms with van der Waals surface area (Å²) < 4.78 is 7.90. The number of carbonyl (C=O) groups is 1. The fraction of sp³-hybridized carbons (Fsp3) is 0.115. The highest BCUT2D eigenvalue weighted by Crippen LogP contribution is 2.39. The monoisotopic (exact) mass is 505 g/mol. The van der Waals surface area contributed by atoms with E-state index in [-0.39, 0.29) is 5.91 Å². The average molecular weight is 506 g/mol. The smallest absolute Gasteiger partial charge is 0.255 e. The Bertz CT molecular complexity index is 1400. The summed E-state index contributed by atoms with van der Waals surface area (Å²) >= 11 is 12.0. The third kappa shape index (κ3) is 4.87. The number of hydrogen-bond donors (Lipinski definition) is 2. The maximum atomic E-state index is 13.5. The summed E-state index contributed by atoms with van der Waals surface area (Å²) in [6.07, 6.45) is 1.46. The molecule has 1 atom stereocenters. The van der Waals surface area contributed by atoms with Crippen molar-refractivity contribution < 1.29 is 9.53 Å². The third-order valence-electron chi connectivity index (χ3n) is 5.66. The number of anilines is 2. The van der Waals surface area contributed by atoms with Gasteiger partial charge in [-0.1, -0.05) is 53.5 Å². The third-order valence-corrected chi connectivity index (χ3v) is 6.17. The number of halogens is 2. The summed E-state index contributed by atoms with van der Waals surface area (Å²) in [7, 11) is 0. The second kappa shape index (κ2) is 9.82. The average Bonchev–Trinajstić information content (AvgIpc) is 3.32. The number of carbonyl (C=O) groups excluding carboxylic acids is 1. The Labute approximate surface area is 212 Å². The SMILES string of the molecule is CC1=C(C(=O)Nc2ccc(Cl)cc2)[C@@H](c2ccccc2OCc2ccc(Cl)cc2)n2ncnc2N1. The Morgan fingerprint density at radius 2 is 1.71 bits per heavy atom. The highest BCUT2D eigenvalue weighted by atomic mass is 35.5. The molecule has 0 aliphatic carbocycles. The van der Waals surface area contributed by atoms with Gasteiger partial charge in [-0.15, -0.1) is 0 Å². The molecule has 9 heteroatoms. The van der Waals surface area contributed by atoms with Gasteiger partial charge in [-0.3, -0.25) is 4.79 Å². The first-order chi connectivity index (χ1) is 17.0. The van der Waals surface area contributed by atoms with Crippen molar-refractivity contribution in [3.63, 3.8) is 0 Å². The summed E-state index contributed by atoms with van der Waals surface area (Å²) in [5, 5.41) is 11.8. The first-order valence-electron chi connectivity index (χ1n) is 10.9. The molecule has 0 radical (unpaired) electrons. The second-order valence-corrected chi connectivity index (χ2v) is 8.88. The van der Waals surface area contributed by atoms with Crippen LogP contribution in [0.15, 0.2) is 90.4 Å². The molecule has 0 bridgehead atoms. The van der Waals surface area contributed by atoms with E-state index >= 15 is 0 Å². The topological polar surface area (TPSA) is 81.1 Å². The van der Waals surface area contributed by atoms with E-state index in [9.17, 15) is 4.79 Å². The van der Waals surface area contributed by atoms with Gasteiger partial charge in [-0.05, 0) is 55.0 Å². The molecule has 1 aliphatic heterocycles. The molecule has 0 spiro atoms. The molecule has 3 aromatic carbocycles. The fourth-order valence-electron chi connectivity index (χ4n) is 3.98. The van der Waals surface area contributed by atoms with Crippen LogP contribution in [0.3, 0.4) is 0 Å². The Morgan fingerprint density at radius 3 is 2.46 bits per heavy atom. The number of hydrogen-bond acceptors (Lipinski definition) is 5. The van der Waals surface area contributed by atoms with Crippen molar-refractivity contribution in [1.29, 1.82) is 0 Å². The van der Waals surface area contributed by atoms with E-state index in [4.69, 9.17) is 27.9 Å². The standard InChI is InChI=1S/C26H21Cl2N5O2/c1-16-23(25(34)32-20-12-10-19(28)11-13-20)24(33-26(31-16)29-15-30-33)21-4-2-3-5-22(21)35-14-17-6-8-18(27)9-7-17/h2-13,15,24H,14H2,1H3,(H,32,34)(H,29,30,31)/t24-/m1/s1. The van der Waals surface area contributed by atoms with E-state index in [0.29, 0.717) is 45.3 Å². The van der Waals surface area contributed by atoms with Gasteiger partial charge in [0, 0.05) is 27.0 Å². The van der Waals surface area contributed by atoms with Gasteiger partial charge in [0.05, 0.1) is 5.57 Å². The number of nitrogens with one attached hydrogen (secondary N) is 2. The van der Waals surface area contributed by atoms with E-state index < -0.39 is 6.04 Å². The van der Waals surface area contributed by atoms with Crippen LogP contribution >= 0.6 is 23.2 Å². The first-order valence-corrected chi connectivity index (χ1v) is 11.7. The van der Waals surface area contributed by atoms with Gasteiger partial charge in [0.15, 0.2) is 0 Å². The van der Waals surface area contributed by atoms with Crippen molar-refractivity contribution in [3.8, 4) is 5.75 Å². The molecule has 1 aliphatic rings. The molecule has 35 heavy (non-hydrogen) atoms. The van der Waals surface area contributed by atoms with E-state index in [1.807, 2.05) is 55.5 Å². The minimum absolute atomic E-state index is 0.268. The predicted molar refractivity (Wildman–Crippen MR) is 137 cm³/mol.